The Bertz CT molecular complexity index is 380. The summed E-state index contributed by atoms with van der Waals surface area (Å²) in [5.74, 6) is 0. The first-order valence-electron chi connectivity index (χ1n) is 6.65. The van der Waals surface area contributed by atoms with Crippen molar-refractivity contribution in [3.05, 3.63) is 10.6 Å². The van der Waals surface area contributed by atoms with Gasteiger partial charge < -0.3 is 15.0 Å². The summed E-state index contributed by atoms with van der Waals surface area (Å²) in [5, 5.41) is 4.58. The lowest BCUT2D eigenvalue weighted by molar-refractivity contribution is 0.199. The van der Waals surface area contributed by atoms with Crippen LogP contribution in [0.1, 0.15) is 30.3 Å². The Hall–Kier alpha value is -0.650. The highest BCUT2D eigenvalue weighted by Crippen LogP contribution is 2.31. The zero-order chi connectivity index (χ0) is 13.0. The SMILES string of the molecule is COCCNCc1sc(N2CCCC2C)nc1C. The van der Waals surface area contributed by atoms with E-state index in [0.29, 0.717) is 6.04 Å². The van der Waals surface area contributed by atoms with E-state index in [2.05, 4.69) is 24.1 Å². The molecule has 0 spiro atoms. The molecular formula is C13H23N3OS. The first-order chi connectivity index (χ1) is 8.72. The van der Waals surface area contributed by atoms with Crippen LogP contribution in [0.4, 0.5) is 5.13 Å². The zero-order valence-electron chi connectivity index (χ0n) is 11.5. The van der Waals surface area contributed by atoms with Gasteiger partial charge >= 0.3 is 0 Å². The van der Waals surface area contributed by atoms with Crippen LogP contribution >= 0.6 is 11.3 Å². The van der Waals surface area contributed by atoms with Crippen molar-refractivity contribution < 1.29 is 4.74 Å². The Morgan fingerprint density at radius 2 is 2.39 bits per heavy atom. The number of methoxy groups -OCH3 is 1. The largest absolute Gasteiger partial charge is 0.383 e. The van der Waals surface area contributed by atoms with Gasteiger partial charge in [-0.25, -0.2) is 4.98 Å². The molecule has 1 aliphatic heterocycles. The molecule has 0 bridgehead atoms. The Morgan fingerprint density at radius 1 is 1.56 bits per heavy atom. The molecule has 0 saturated carbocycles. The second-order valence-electron chi connectivity index (χ2n) is 4.86. The molecular weight excluding hydrogens is 246 g/mol. The molecule has 1 atom stereocenters. The van der Waals surface area contributed by atoms with Gasteiger partial charge in [-0.2, -0.15) is 0 Å². The summed E-state index contributed by atoms with van der Waals surface area (Å²) in [6.45, 7) is 8.10. The number of aryl methyl sites for hydroxylation is 1. The fraction of sp³-hybridized carbons (Fsp3) is 0.769. The van der Waals surface area contributed by atoms with Gasteiger partial charge in [-0.05, 0) is 26.7 Å². The van der Waals surface area contributed by atoms with Crippen LogP contribution in [0.3, 0.4) is 0 Å². The van der Waals surface area contributed by atoms with E-state index in [1.807, 2.05) is 11.3 Å². The zero-order valence-corrected chi connectivity index (χ0v) is 12.3. The van der Waals surface area contributed by atoms with Crippen molar-refractivity contribution in [2.24, 2.45) is 0 Å². The minimum absolute atomic E-state index is 0.643. The Balaban J connectivity index is 1.94. The van der Waals surface area contributed by atoms with Crippen molar-refractivity contribution in [2.75, 3.05) is 31.7 Å². The first kappa shape index (κ1) is 13.8. The molecule has 18 heavy (non-hydrogen) atoms. The second-order valence-corrected chi connectivity index (χ2v) is 5.92. The number of hydrogen-bond donors (Lipinski definition) is 1. The normalized spacial score (nSPS) is 19.7. The molecule has 0 radical (unpaired) electrons. The van der Waals surface area contributed by atoms with E-state index in [1.54, 1.807) is 7.11 Å². The van der Waals surface area contributed by atoms with Gasteiger partial charge in [0.2, 0.25) is 0 Å². The van der Waals surface area contributed by atoms with E-state index in [0.717, 1.165) is 26.2 Å². The third kappa shape index (κ3) is 3.22. The first-order valence-corrected chi connectivity index (χ1v) is 7.46. The van der Waals surface area contributed by atoms with Gasteiger partial charge in [0.15, 0.2) is 5.13 Å². The minimum atomic E-state index is 0.643. The average molecular weight is 269 g/mol. The molecule has 0 aromatic carbocycles. The standard InChI is InChI=1S/C13H23N3OS/c1-10-5-4-7-16(10)13-15-11(2)12(18-13)9-14-6-8-17-3/h10,14H,4-9H2,1-3H3. The number of hydrogen-bond acceptors (Lipinski definition) is 5. The van der Waals surface area contributed by atoms with E-state index in [1.165, 1.54) is 28.5 Å². The van der Waals surface area contributed by atoms with E-state index >= 15 is 0 Å². The smallest absolute Gasteiger partial charge is 0.186 e. The summed E-state index contributed by atoms with van der Waals surface area (Å²) >= 11 is 1.83. The predicted octanol–water partition coefficient (Wildman–Crippen LogP) is 2.18. The summed E-state index contributed by atoms with van der Waals surface area (Å²) in [5.41, 5.74) is 1.17. The Labute approximate surface area is 113 Å². The van der Waals surface area contributed by atoms with E-state index < -0.39 is 0 Å². The van der Waals surface area contributed by atoms with Crippen LogP contribution < -0.4 is 10.2 Å². The molecule has 2 heterocycles. The lowest BCUT2D eigenvalue weighted by Gasteiger charge is -2.19. The summed E-state index contributed by atoms with van der Waals surface area (Å²) in [6.07, 6.45) is 2.58. The second kappa shape index (κ2) is 6.50. The summed E-state index contributed by atoms with van der Waals surface area (Å²) in [4.78, 5) is 8.50. The maximum Gasteiger partial charge on any atom is 0.186 e. The lowest BCUT2D eigenvalue weighted by Crippen LogP contribution is -2.25. The van der Waals surface area contributed by atoms with Crippen LogP contribution in [0.25, 0.3) is 0 Å². The van der Waals surface area contributed by atoms with Gasteiger partial charge in [0, 0.05) is 37.7 Å². The highest BCUT2D eigenvalue weighted by Gasteiger charge is 2.23. The number of rotatable bonds is 6. The van der Waals surface area contributed by atoms with E-state index in [-0.39, 0.29) is 0 Å². The fourth-order valence-corrected chi connectivity index (χ4v) is 3.45. The van der Waals surface area contributed by atoms with Gasteiger partial charge in [0.05, 0.1) is 12.3 Å². The third-order valence-electron chi connectivity index (χ3n) is 3.45. The van der Waals surface area contributed by atoms with Crippen LogP contribution in [0.2, 0.25) is 0 Å². The fourth-order valence-electron chi connectivity index (χ4n) is 2.29. The average Bonchev–Trinajstić information content (AvgIpc) is 2.91. The van der Waals surface area contributed by atoms with Crippen molar-refractivity contribution in [1.29, 1.82) is 0 Å². The number of thiazole rings is 1. The highest BCUT2D eigenvalue weighted by molar-refractivity contribution is 7.15. The molecule has 1 unspecified atom stereocenters. The van der Waals surface area contributed by atoms with Crippen LogP contribution in [-0.4, -0.2) is 37.8 Å². The predicted molar refractivity (Wildman–Crippen MR) is 76.5 cm³/mol. The Kier molecular flexibility index (Phi) is 4.97. The van der Waals surface area contributed by atoms with Crippen LogP contribution in [0.15, 0.2) is 0 Å². The molecule has 1 aliphatic rings. The molecule has 5 heteroatoms. The van der Waals surface area contributed by atoms with Crippen LogP contribution in [0.5, 0.6) is 0 Å². The number of anilines is 1. The highest BCUT2D eigenvalue weighted by atomic mass is 32.1. The summed E-state index contributed by atoms with van der Waals surface area (Å²) in [7, 11) is 1.73. The van der Waals surface area contributed by atoms with Crippen molar-refractivity contribution in [2.45, 2.75) is 39.3 Å². The van der Waals surface area contributed by atoms with Crippen LogP contribution in [-0.2, 0) is 11.3 Å². The molecule has 1 N–H and O–H groups in total. The van der Waals surface area contributed by atoms with Gasteiger partial charge in [0.1, 0.15) is 0 Å². The number of nitrogens with one attached hydrogen (secondary N) is 1. The van der Waals surface area contributed by atoms with Crippen molar-refractivity contribution in [3.63, 3.8) is 0 Å². The van der Waals surface area contributed by atoms with Crippen molar-refractivity contribution in [1.82, 2.24) is 10.3 Å². The number of ether oxygens (including phenoxy) is 1. The molecule has 2 rings (SSSR count). The lowest BCUT2D eigenvalue weighted by atomic mass is 10.2. The topological polar surface area (TPSA) is 37.4 Å². The van der Waals surface area contributed by atoms with Gasteiger partial charge in [0.25, 0.3) is 0 Å². The molecule has 0 aliphatic carbocycles. The molecule has 0 amide bonds. The molecule has 102 valence electrons. The van der Waals surface area contributed by atoms with E-state index in [9.17, 15) is 0 Å². The van der Waals surface area contributed by atoms with Crippen molar-refractivity contribution >= 4 is 16.5 Å². The van der Waals surface area contributed by atoms with Gasteiger partial charge in [-0.15, -0.1) is 11.3 Å². The quantitative estimate of drug-likeness (QED) is 0.803. The Morgan fingerprint density at radius 3 is 3.06 bits per heavy atom. The number of aromatic nitrogens is 1. The maximum absolute atomic E-state index is 5.03. The molecule has 1 aromatic rings. The summed E-state index contributed by atoms with van der Waals surface area (Å²) < 4.78 is 5.03. The number of nitrogens with zero attached hydrogens (tertiary/aromatic N) is 2. The van der Waals surface area contributed by atoms with E-state index in [4.69, 9.17) is 9.72 Å². The van der Waals surface area contributed by atoms with Crippen LogP contribution in [0, 0.1) is 6.92 Å². The summed E-state index contributed by atoms with van der Waals surface area (Å²) in [6, 6.07) is 0.643. The maximum atomic E-state index is 5.03. The monoisotopic (exact) mass is 269 g/mol. The molecule has 4 nitrogen and oxygen atoms in total. The third-order valence-corrected chi connectivity index (χ3v) is 4.64. The van der Waals surface area contributed by atoms with Crippen molar-refractivity contribution in [3.8, 4) is 0 Å². The van der Waals surface area contributed by atoms with Gasteiger partial charge in [-0.1, -0.05) is 0 Å². The minimum Gasteiger partial charge on any atom is -0.383 e. The molecule has 1 fully saturated rings. The van der Waals surface area contributed by atoms with Gasteiger partial charge in [-0.3, -0.25) is 0 Å². The molecule has 1 saturated heterocycles. The molecule has 1 aromatic heterocycles.